The number of anilines is 1. The van der Waals surface area contributed by atoms with Crippen LogP contribution < -0.4 is 5.73 Å². The monoisotopic (exact) mass is 473 g/mol. The Labute approximate surface area is 132 Å². The molecule has 0 aliphatic rings. The van der Waals surface area contributed by atoms with Crippen LogP contribution in [-0.2, 0) is 6.42 Å². The zero-order valence-electron chi connectivity index (χ0n) is 9.89. The van der Waals surface area contributed by atoms with Crippen LogP contribution >= 0.6 is 11.6 Å². The Hall–Kier alpha value is -0.358. The molecule has 0 saturated carbocycles. The fraction of sp³-hybridized carbons (Fsp3) is 0.231. The number of halogens is 1. The summed E-state index contributed by atoms with van der Waals surface area (Å²) in [4.78, 5) is 0. The van der Waals surface area contributed by atoms with Gasteiger partial charge >= 0.3 is 0 Å². The van der Waals surface area contributed by atoms with Crippen molar-refractivity contribution in [1.82, 2.24) is 0 Å². The molecule has 0 saturated heterocycles. The molecular weight excluding hydrogens is 458 g/mol. The molecule has 0 atom stereocenters. The van der Waals surface area contributed by atoms with Gasteiger partial charge in [-0.2, -0.15) is 6.08 Å². The van der Waals surface area contributed by atoms with Gasteiger partial charge in [0.25, 0.3) is 0 Å². The van der Waals surface area contributed by atoms with E-state index in [2.05, 4.69) is 6.92 Å². The van der Waals surface area contributed by atoms with E-state index in [1.807, 2.05) is 13.0 Å². The van der Waals surface area contributed by atoms with E-state index < -0.39 is 0 Å². The molecule has 0 fully saturated rings. The summed E-state index contributed by atoms with van der Waals surface area (Å²) in [5, 5.41) is 8.41. The van der Waals surface area contributed by atoms with E-state index in [0.717, 1.165) is 17.6 Å². The Morgan fingerprint density at radius 3 is 2.76 bits per heavy atom. The number of allylic oxidation sites excluding steroid dienone is 2. The number of aryl methyl sites for hydroxylation is 1. The number of nitrogens with two attached hydrogens (primary N) is 1. The number of hydrogen-bond donors (Lipinski definition) is 2. The van der Waals surface area contributed by atoms with Gasteiger partial charge in [0.2, 0.25) is 0 Å². The van der Waals surface area contributed by atoms with E-state index in [-0.39, 0.29) is 31.1 Å². The average Bonchev–Trinajstić information content (AvgIpc) is 2.18. The summed E-state index contributed by atoms with van der Waals surface area (Å²) in [7, 11) is 0. The third-order valence-electron chi connectivity index (χ3n) is 2.15. The van der Waals surface area contributed by atoms with Crippen LogP contribution in [0.4, 0.5) is 5.69 Å². The van der Waals surface area contributed by atoms with Crippen molar-refractivity contribution in [3.8, 4) is 0 Å². The molecule has 0 heterocycles. The fourth-order valence-corrected chi connectivity index (χ4v) is 1.64. The summed E-state index contributed by atoms with van der Waals surface area (Å²) in [5.74, 6) is 0. The molecule has 0 spiro atoms. The van der Waals surface area contributed by atoms with E-state index in [9.17, 15) is 0 Å². The van der Waals surface area contributed by atoms with E-state index in [1.165, 1.54) is 0 Å². The molecular formula is C13H16ClN2U-. The van der Waals surface area contributed by atoms with Crippen LogP contribution in [0.1, 0.15) is 18.9 Å². The molecule has 17 heavy (non-hydrogen) atoms. The smallest absolute Gasteiger partial charge is 0.0439 e. The summed E-state index contributed by atoms with van der Waals surface area (Å²) in [6.45, 7) is 5.62. The summed E-state index contributed by atoms with van der Waals surface area (Å²) >= 11 is 6.03. The Balaban J connectivity index is 0.00000256. The predicted octanol–water partition coefficient (Wildman–Crippen LogP) is 3.65. The van der Waals surface area contributed by atoms with Gasteiger partial charge in [-0.1, -0.05) is 18.5 Å². The number of nitrogens with one attached hydrogen (secondary N) is 1. The molecule has 2 nitrogen and oxygen atoms in total. The molecule has 1 rings (SSSR count). The van der Waals surface area contributed by atoms with Crippen molar-refractivity contribution in [2.45, 2.75) is 19.8 Å². The summed E-state index contributed by atoms with van der Waals surface area (Å²) in [5.41, 5.74) is 8.82. The third kappa shape index (κ3) is 6.22. The van der Waals surface area contributed by atoms with Crippen LogP contribution in [0.25, 0.3) is 0 Å². The Bertz CT molecular complexity index is 423. The van der Waals surface area contributed by atoms with Crippen LogP contribution in [0, 0.1) is 43.4 Å². The van der Waals surface area contributed by atoms with Crippen molar-refractivity contribution in [2.75, 3.05) is 5.73 Å². The standard InChI is InChI=1S/C13H16ClN2.U/c1-9(2)7-11(15)4-3-10-8-12(16)5-6-13(10)14;/h5-8,15H,1,3-4,16H2,2H3;/q-1;/b9-7-,15-11?;. The van der Waals surface area contributed by atoms with Gasteiger partial charge < -0.3 is 11.1 Å². The molecule has 0 aromatic heterocycles. The SMILES string of the molecule is [CH2-]/C(C)=C/C(=N)CCc1cc(N)ccc1Cl.[U]. The fourth-order valence-electron chi connectivity index (χ4n) is 1.43. The first-order valence-corrected chi connectivity index (χ1v) is 5.48. The summed E-state index contributed by atoms with van der Waals surface area (Å²) in [6, 6.07) is 5.42. The van der Waals surface area contributed by atoms with Crippen molar-refractivity contribution in [2.24, 2.45) is 0 Å². The molecule has 4 heteroatoms. The van der Waals surface area contributed by atoms with Gasteiger partial charge in [0.05, 0.1) is 0 Å². The maximum Gasteiger partial charge on any atom is 0.0439 e. The summed E-state index contributed by atoms with van der Waals surface area (Å²) < 4.78 is 0. The minimum Gasteiger partial charge on any atom is -0.399 e. The van der Waals surface area contributed by atoms with E-state index in [1.54, 1.807) is 18.2 Å². The zero-order valence-corrected chi connectivity index (χ0v) is 14.8. The first kappa shape index (κ1) is 16.6. The van der Waals surface area contributed by atoms with Crippen LogP contribution in [0.15, 0.2) is 29.8 Å². The van der Waals surface area contributed by atoms with E-state index in [4.69, 9.17) is 22.7 Å². The molecule has 1 aromatic carbocycles. The first-order valence-electron chi connectivity index (χ1n) is 5.10. The summed E-state index contributed by atoms with van der Waals surface area (Å²) in [6.07, 6.45) is 3.14. The quantitative estimate of drug-likeness (QED) is 0.391. The van der Waals surface area contributed by atoms with E-state index in [0.29, 0.717) is 22.8 Å². The molecule has 0 aliphatic carbocycles. The van der Waals surface area contributed by atoms with Crippen LogP contribution in [0.3, 0.4) is 0 Å². The van der Waals surface area contributed by atoms with Gasteiger partial charge in [-0.15, -0.1) is 0 Å². The molecule has 0 radical (unpaired) electrons. The van der Waals surface area contributed by atoms with Crippen molar-refractivity contribution < 1.29 is 31.1 Å². The van der Waals surface area contributed by atoms with Gasteiger partial charge in [-0.25, -0.2) is 12.5 Å². The zero-order chi connectivity index (χ0) is 12.1. The second-order valence-corrected chi connectivity index (χ2v) is 4.27. The molecule has 0 bridgehead atoms. The maximum atomic E-state index is 7.70. The van der Waals surface area contributed by atoms with Gasteiger partial charge in [-0.3, -0.25) is 0 Å². The Morgan fingerprint density at radius 1 is 1.53 bits per heavy atom. The average molecular weight is 474 g/mol. The largest absolute Gasteiger partial charge is 0.399 e. The molecule has 1 aromatic rings. The number of nitrogen functional groups attached to an aromatic ring is 1. The van der Waals surface area contributed by atoms with Crippen LogP contribution in [-0.4, -0.2) is 5.71 Å². The number of rotatable bonds is 4. The van der Waals surface area contributed by atoms with Gasteiger partial charge in [-0.05, 0) is 42.3 Å². The van der Waals surface area contributed by atoms with Gasteiger partial charge in [0.15, 0.2) is 0 Å². The minimum absolute atomic E-state index is 0. The van der Waals surface area contributed by atoms with Crippen LogP contribution in [0.5, 0.6) is 0 Å². The second-order valence-electron chi connectivity index (χ2n) is 3.87. The van der Waals surface area contributed by atoms with Crippen LogP contribution in [0.2, 0.25) is 5.02 Å². The molecule has 0 unspecified atom stereocenters. The molecule has 3 N–H and O–H groups in total. The van der Waals surface area contributed by atoms with Crippen molar-refractivity contribution in [3.05, 3.63) is 47.4 Å². The van der Waals surface area contributed by atoms with Crippen molar-refractivity contribution >= 4 is 23.0 Å². The van der Waals surface area contributed by atoms with Gasteiger partial charge in [0, 0.05) is 41.8 Å². The maximum absolute atomic E-state index is 7.70. The van der Waals surface area contributed by atoms with E-state index >= 15 is 0 Å². The van der Waals surface area contributed by atoms with Gasteiger partial charge in [0.1, 0.15) is 0 Å². The number of benzene rings is 1. The third-order valence-corrected chi connectivity index (χ3v) is 2.52. The Morgan fingerprint density at radius 2 is 2.18 bits per heavy atom. The Kier molecular flexibility index (Phi) is 7.70. The molecule has 0 aliphatic heterocycles. The molecule has 90 valence electrons. The number of hydrogen-bond acceptors (Lipinski definition) is 2. The normalized spacial score (nSPS) is 10.8. The molecule has 0 amide bonds. The first-order chi connectivity index (χ1) is 7.49. The van der Waals surface area contributed by atoms with Crippen molar-refractivity contribution in [3.63, 3.8) is 0 Å². The minimum atomic E-state index is 0. The predicted molar refractivity (Wildman–Crippen MR) is 71.0 cm³/mol. The topological polar surface area (TPSA) is 49.9 Å². The van der Waals surface area contributed by atoms with Crippen molar-refractivity contribution in [1.29, 1.82) is 5.41 Å². The second kappa shape index (κ2) is 7.87.